The van der Waals surface area contributed by atoms with Crippen LogP contribution in [0.1, 0.15) is 58.8 Å². The number of rotatable bonds is 4. The molecule has 2 nitrogen and oxygen atoms in total. The minimum absolute atomic E-state index is 0.0914. The molecule has 0 N–H and O–H groups in total. The molecule has 1 rings (SSSR count). The largest absolute Gasteiger partial charge is 0.459 e. The number of carbonyl (C=O) groups is 1. The zero-order valence-electron chi connectivity index (χ0n) is 9.92. The highest BCUT2D eigenvalue weighted by Gasteiger charge is 2.19. The Balaban J connectivity index is 2.38. The van der Waals surface area contributed by atoms with E-state index in [4.69, 9.17) is 4.74 Å². The van der Waals surface area contributed by atoms with Crippen molar-refractivity contribution in [1.29, 1.82) is 0 Å². The van der Waals surface area contributed by atoms with Gasteiger partial charge in [-0.1, -0.05) is 25.8 Å². The third-order valence-corrected chi connectivity index (χ3v) is 2.96. The summed E-state index contributed by atoms with van der Waals surface area (Å²) in [6.07, 6.45) is 9.70. The Hall–Kier alpha value is -0.790. The summed E-state index contributed by atoms with van der Waals surface area (Å²) in [5.41, 5.74) is 0.836. The molecule has 1 aliphatic rings. The SMILES string of the molecule is CC=C(CCC)C(=O)OC1CCCCC1. The van der Waals surface area contributed by atoms with Crippen molar-refractivity contribution in [2.45, 2.75) is 64.9 Å². The molecular weight excluding hydrogens is 188 g/mol. The summed E-state index contributed by atoms with van der Waals surface area (Å²) in [5.74, 6) is -0.0914. The van der Waals surface area contributed by atoms with Gasteiger partial charge in [-0.25, -0.2) is 4.79 Å². The molecule has 0 aliphatic heterocycles. The summed E-state index contributed by atoms with van der Waals surface area (Å²) in [7, 11) is 0. The Morgan fingerprint density at radius 2 is 2.00 bits per heavy atom. The lowest BCUT2D eigenvalue weighted by Crippen LogP contribution is -2.21. The molecule has 0 bridgehead atoms. The summed E-state index contributed by atoms with van der Waals surface area (Å²) in [4.78, 5) is 11.7. The van der Waals surface area contributed by atoms with Crippen molar-refractivity contribution in [3.8, 4) is 0 Å². The predicted octanol–water partition coefficient (Wildman–Crippen LogP) is 3.61. The summed E-state index contributed by atoms with van der Waals surface area (Å²) >= 11 is 0. The number of hydrogen-bond donors (Lipinski definition) is 0. The van der Waals surface area contributed by atoms with Gasteiger partial charge >= 0.3 is 5.97 Å². The number of carbonyl (C=O) groups excluding carboxylic acids is 1. The van der Waals surface area contributed by atoms with E-state index in [0.29, 0.717) is 0 Å². The Morgan fingerprint density at radius 3 is 2.53 bits per heavy atom. The van der Waals surface area contributed by atoms with Crippen LogP contribution in [-0.4, -0.2) is 12.1 Å². The van der Waals surface area contributed by atoms with Crippen LogP contribution in [0, 0.1) is 0 Å². The van der Waals surface area contributed by atoms with E-state index >= 15 is 0 Å². The average Bonchev–Trinajstić information content (AvgIpc) is 2.27. The van der Waals surface area contributed by atoms with E-state index < -0.39 is 0 Å². The zero-order valence-corrected chi connectivity index (χ0v) is 9.92. The quantitative estimate of drug-likeness (QED) is 0.523. The maximum atomic E-state index is 11.7. The fourth-order valence-corrected chi connectivity index (χ4v) is 2.04. The Morgan fingerprint density at radius 1 is 1.33 bits per heavy atom. The molecular formula is C13H22O2. The van der Waals surface area contributed by atoms with Gasteiger partial charge in [0.2, 0.25) is 0 Å². The minimum Gasteiger partial charge on any atom is -0.459 e. The molecule has 1 saturated carbocycles. The molecule has 0 saturated heterocycles. The summed E-state index contributed by atoms with van der Waals surface area (Å²) in [5, 5.41) is 0. The molecule has 15 heavy (non-hydrogen) atoms. The second-order valence-corrected chi connectivity index (χ2v) is 4.23. The van der Waals surface area contributed by atoms with Gasteiger partial charge in [0.15, 0.2) is 0 Å². The third-order valence-electron chi connectivity index (χ3n) is 2.96. The first kappa shape index (κ1) is 12.3. The molecule has 86 valence electrons. The number of hydrogen-bond acceptors (Lipinski definition) is 2. The van der Waals surface area contributed by atoms with Gasteiger partial charge in [0.25, 0.3) is 0 Å². The van der Waals surface area contributed by atoms with Gasteiger partial charge in [-0.05, 0) is 39.0 Å². The van der Waals surface area contributed by atoms with Crippen LogP contribution < -0.4 is 0 Å². The molecule has 0 heterocycles. The Bertz CT molecular complexity index is 225. The van der Waals surface area contributed by atoms with Gasteiger partial charge in [0.1, 0.15) is 6.10 Å². The first-order chi connectivity index (χ1) is 7.27. The van der Waals surface area contributed by atoms with Crippen LogP contribution in [0.25, 0.3) is 0 Å². The molecule has 0 spiro atoms. The third kappa shape index (κ3) is 4.06. The van der Waals surface area contributed by atoms with Crippen molar-refractivity contribution in [3.05, 3.63) is 11.6 Å². The average molecular weight is 210 g/mol. The van der Waals surface area contributed by atoms with E-state index in [1.165, 1.54) is 19.3 Å². The number of esters is 1. The highest BCUT2D eigenvalue weighted by Crippen LogP contribution is 2.21. The molecule has 0 radical (unpaired) electrons. The molecule has 2 heteroatoms. The van der Waals surface area contributed by atoms with Gasteiger partial charge in [0, 0.05) is 5.57 Å². The van der Waals surface area contributed by atoms with E-state index in [1.54, 1.807) is 0 Å². The van der Waals surface area contributed by atoms with Gasteiger partial charge in [-0.15, -0.1) is 0 Å². The fraction of sp³-hybridized carbons (Fsp3) is 0.769. The second kappa shape index (κ2) is 6.65. The predicted molar refractivity (Wildman–Crippen MR) is 61.6 cm³/mol. The molecule has 0 aromatic rings. The van der Waals surface area contributed by atoms with Crippen molar-refractivity contribution < 1.29 is 9.53 Å². The second-order valence-electron chi connectivity index (χ2n) is 4.23. The van der Waals surface area contributed by atoms with E-state index in [1.807, 2.05) is 13.0 Å². The number of allylic oxidation sites excluding steroid dienone is 1. The van der Waals surface area contributed by atoms with Gasteiger partial charge < -0.3 is 4.74 Å². The molecule has 1 aliphatic carbocycles. The smallest absolute Gasteiger partial charge is 0.333 e. The van der Waals surface area contributed by atoms with E-state index in [-0.39, 0.29) is 12.1 Å². The molecule has 0 unspecified atom stereocenters. The first-order valence-corrected chi connectivity index (χ1v) is 6.14. The summed E-state index contributed by atoms with van der Waals surface area (Å²) in [6, 6.07) is 0. The number of ether oxygens (including phenoxy) is 1. The minimum atomic E-state index is -0.0914. The van der Waals surface area contributed by atoms with Gasteiger partial charge in [-0.2, -0.15) is 0 Å². The monoisotopic (exact) mass is 210 g/mol. The highest BCUT2D eigenvalue weighted by molar-refractivity contribution is 5.88. The van der Waals surface area contributed by atoms with Crippen molar-refractivity contribution in [2.75, 3.05) is 0 Å². The Labute approximate surface area is 92.7 Å². The van der Waals surface area contributed by atoms with Crippen molar-refractivity contribution in [3.63, 3.8) is 0 Å². The molecule has 1 fully saturated rings. The van der Waals surface area contributed by atoms with Crippen LogP contribution in [0.4, 0.5) is 0 Å². The van der Waals surface area contributed by atoms with Crippen LogP contribution in [-0.2, 0) is 9.53 Å². The van der Waals surface area contributed by atoms with Crippen molar-refractivity contribution >= 4 is 5.97 Å². The summed E-state index contributed by atoms with van der Waals surface area (Å²) in [6.45, 7) is 3.99. The van der Waals surface area contributed by atoms with Gasteiger partial charge in [0.05, 0.1) is 0 Å². The van der Waals surface area contributed by atoms with Crippen LogP contribution >= 0.6 is 0 Å². The topological polar surface area (TPSA) is 26.3 Å². The molecule has 0 aromatic heterocycles. The van der Waals surface area contributed by atoms with Crippen molar-refractivity contribution in [1.82, 2.24) is 0 Å². The maximum Gasteiger partial charge on any atom is 0.333 e. The summed E-state index contributed by atoms with van der Waals surface area (Å²) < 4.78 is 5.49. The lowest BCUT2D eigenvalue weighted by molar-refractivity contribution is -0.145. The maximum absolute atomic E-state index is 11.7. The lowest BCUT2D eigenvalue weighted by atomic mass is 9.98. The first-order valence-electron chi connectivity index (χ1n) is 6.14. The fourth-order valence-electron chi connectivity index (χ4n) is 2.04. The molecule has 0 amide bonds. The zero-order chi connectivity index (χ0) is 11.1. The van der Waals surface area contributed by atoms with Crippen LogP contribution in [0.3, 0.4) is 0 Å². The van der Waals surface area contributed by atoms with E-state index in [0.717, 1.165) is 31.3 Å². The van der Waals surface area contributed by atoms with E-state index in [2.05, 4.69) is 6.92 Å². The normalized spacial score (nSPS) is 18.9. The highest BCUT2D eigenvalue weighted by atomic mass is 16.5. The van der Waals surface area contributed by atoms with Crippen LogP contribution in [0.2, 0.25) is 0 Å². The standard InChI is InChI=1S/C13H22O2/c1-3-8-11(4-2)13(14)15-12-9-6-5-7-10-12/h4,12H,3,5-10H2,1-2H3. The molecule has 0 aromatic carbocycles. The lowest BCUT2D eigenvalue weighted by Gasteiger charge is -2.22. The van der Waals surface area contributed by atoms with E-state index in [9.17, 15) is 4.79 Å². The molecule has 0 atom stereocenters. The van der Waals surface area contributed by atoms with Crippen molar-refractivity contribution in [2.24, 2.45) is 0 Å². The van der Waals surface area contributed by atoms with Crippen LogP contribution in [0.15, 0.2) is 11.6 Å². The Kier molecular flexibility index (Phi) is 5.44. The van der Waals surface area contributed by atoms with Gasteiger partial charge in [-0.3, -0.25) is 0 Å². The van der Waals surface area contributed by atoms with Crippen LogP contribution in [0.5, 0.6) is 0 Å².